The van der Waals surface area contributed by atoms with Crippen molar-refractivity contribution in [1.82, 2.24) is 0 Å². The molecule has 0 aliphatic carbocycles. The normalized spacial score (nSPS) is 15.7. The van der Waals surface area contributed by atoms with Crippen LogP contribution >= 0.6 is 0 Å². The van der Waals surface area contributed by atoms with Crippen molar-refractivity contribution in [2.24, 2.45) is 0 Å². The van der Waals surface area contributed by atoms with Gasteiger partial charge in [0.2, 0.25) is 0 Å². The largest absolute Gasteiger partial charge is 0.402 e. The van der Waals surface area contributed by atoms with Crippen LogP contribution in [0.25, 0.3) is 0 Å². The molecule has 1 heterocycles. The van der Waals surface area contributed by atoms with Gasteiger partial charge in [-0.25, -0.2) is 0 Å². The third kappa shape index (κ3) is 4.37. The summed E-state index contributed by atoms with van der Waals surface area (Å²) in [5, 5.41) is 5.12. The molecule has 0 unspecified atom stereocenters. The van der Waals surface area contributed by atoms with E-state index in [2.05, 4.69) is 132 Å². The maximum absolute atomic E-state index is 7.92. The van der Waals surface area contributed by atoms with Gasteiger partial charge in [0.05, 0.1) is 0 Å². The summed E-state index contributed by atoms with van der Waals surface area (Å²) in [6.45, 7) is 26.6. The second kappa shape index (κ2) is 9.95. The van der Waals surface area contributed by atoms with Crippen LogP contribution in [0, 0.1) is 83.1 Å². The molecule has 1 aliphatic rings. The van der Waals surface area contributed by atoms with E-state index in [0.29, 0.717) is 0 Å². The van der Waals surface area contributed by atoms with Gasteiger partial charge in [0, 0.05) is 20.7 Å². The minimum absolute atomic E-state index is 1.26. The zero-order valence-electron chi connectivity index (χ0n) is 26.4. The molecule has 0 spiro atoms. The number of benzene rings is 4. The van der Waals surface area contributed by atoms with Gasteiger partial charge < -0.3 is 8.23 Å². The van der Waals surface area contributed by atoms with Gasteiger partial charge in [-0.05, 0) is 128 Å². The Labute approximate surface area is 243 Å². The number of aryl methyl sites for hydroxylation is 12. The highest BCUT2D eigenvalue weighted by atomic mass is 28.5. The van der Waals surface area contributed by atoms with E-state index in [9.17, 15) is 0 Å². The van der Waals surface area contributed by atoms with Crippen LogP contribution in [0.1, 0.15) is 66.8 Å². The highest BCUT2D eigenvalue weighted by molar-refractivity contribution is 7.16. The first-order chi connectivity index (χ1) is 18.7. The van der Waals surface area contributed by atoms with Gasteiger partial charge >= 0.3 is 17.1 Å². The van der Waals surface area contributed by atoms with Crippen molar-refractivity contribution in [3.63, 3.8) is 0 Å². The third-order valence-corrected chi connectivity index (χ3v) is 19.0. The predicted molar refractivity (Wildman–Crippen MR) is 175 cm³/mol. The van der Waals surface area contributed by atoms with Crippen LogP contribution < -0.4 is 20.7 Å². The number of rotatable bonds is 4. The quantitative estimate of drug-likeness (QED) is 0.273. The van der Waals surface area contributed by atoms with Crippen LogP contribution in [0.5, 0.6) is 0 Å². The summed E-state index contributed by atoms with van der Waals surface area (Å²) in [4.78, 5) is 0. The maximum Gasteiger partial charge on any atom is 0.391 e. The van der Waals surface area contributed by atoms with Crippen LogP contribution in [-0.2, 0) is 8.23 Å². The molecule has 5 rings (SSSR count). The van der Waals surface area contributed by atoms with Crippen molar-refractivity contribution < 1.29 is 8.23 Å². The molecule has 2 nitrogen and oxygen atoms in total. The minimum Gasteiger partial charge on any atom is -0.402 e. The molecule has 1 saturated heterocycles. The molecule has 0 radical (unpaired) electrons. The summed E-state index contributed by atoms with van der Waals surface area (Å²) in [6, 6.07) is 18.4. The lowest BCUT2D eigenvalue weighted by molar-refractivity contribution is 0.266. The zero-order chi connectivity index (χ0) is 29.3. The van der Waals surface area contributed by atoms with E-state index in [1.165, 1.54) is 87.5 Å². The molecule has 0 N–H and O–H groups in total. The van der Waals surface area contributed by atoms with Crippen molar-refractivity contribution in [2.75, 3.05) is 0 Å². The molecule has 4 aromatic carbocycles. The lowest BCUT2D eigenvalue weighted by atomic mass is 10.1. The molecular weight excluding hydrogens is 521 g/mol. The second-order valence-electron chi connectivity index (χ2n) is 12.5. The van der Waals surface area contributed by atoms with Crippen molar-refractivity contribution in [1.29, 1.82) is 0 Å². The van der Waals surface area contributed by atoms with Crippen molar-refractivity contribution in [2.45, 2.75) is 83.1 Å². The standard InChI is InChI=1S/C36H44O2Si2/c1-21-13-25(5)33(26(6)14-21)39(34-27(7)15-22(2)16-28(34)8)37-40(38-39,35-29(9)17-23(3)18-30(35)10)36-31(11)19-24(4)20-32(36)12/h13-20H,1-12H3. The average Bonchev–Trinajstić information content (AvgIpc) is 2.74. The van der Waals surface area contributed by atoms with Crippen LogP contribution in [0.15, 0.2) is 48.5 Å². The lowest BCUT2D eigenvalue weighted by Crippen LogP contribution is -2.90. The Balaban J connectivity index is 1.90. The summed E-state index contributed by atoms with van der Waals surface area (Å²) in [5.74, 6) is 0. The van der Waals surface area contributed by atoms with Crippen molar-refractivity contribution in [3.05, 3.63) is 115 Å². The first-order valence-corrected chi connectivity index (χ1v) is 18.1. The van der Waals surface area contributed by atoms with E-state index < -0.39 is 17.1 Å². The summed E-state index contributed by atoms with van der Waals surface area (Å²) in [7, 11) is -6.15. The highest BCUT2D eigenvalue weighted by Gasteiger charge is 2.69. The molecule has 208 valence electrons. The predicted octanol–water partition coefficient (Wildman–Crippen LogP) is 6.25. The molecule has 0 aromatic heterocycles. The topological polar surface area (TPSA) is 18.5 Å². The Kier molecular flexibility index (Phi) is 7.15. The van der Waals surface area contributed by atoms with Gasteiger partial charge in [0.25, 0.3) is 0 Å². The zero-order valence-corrected chi connectivity index (χ0v) is 28.4. The molecule has 0 saturated carbocycles. The maximum atomic E-state index is 7.92. The lowest BCUT2D eigenvalue weighted by Gasteiger charge is -2.56. The van der Waals surface area contributed by atoms with E-state index in [4.69, 9.17) is 8.23 Å². The molecule has 1 fully saturated rings. The Bertz CT molecular complexity index is 1340. The minimum atomic E-state index is -3.08. The van der Waals surface area contributed by atoms with E-state index in [-0.39, 0.29) is 0 Å². The fraction of sp³-hybridized carbons (Fsp3) is 0.333. The number of hydrogen-bond acceptors (Lipinski definition) is 2. The van der Waals surface area contributed by atoms with E-state index in [1.54, 1.807) is 0 Å². The van der Waals surface area contributed by atoms with Gasteiger partial charge in [-0.1, -0.05) is 70.8 Å². The van der Waals surface area contributed by atoms with E-state index in [0.717, 1.165) is 0 Å². The van der Waals surface area contributed by atoms with E-state index >= 15 is 0 Å². The summed E-state index contributed by atoms with van der Waals surface area (Å²) in [5.41, 5.74) is 15.2. The molecule has 0 atom stereocenters. The highest BCUT2D eigenvalue weighted by Crippen LogP contribution is 2.37. The molecule has 4 aromatic rings. The SMILES string of the molecule is Cc1cc(C)c([Si]2(c3c(C)cc(C)cc3C)O[Si](c3c(C)cc(C)cc3C)(c3c(C)cc(C)cc3C)O2)c(C)c1. The van der Waals surface area contributed by atoms with Gasteiger partial charge in [-0.15, -0.1) is 0 Å². The van der Waals surface area contributed by atoms with E-state index in [1.807, 2.05) is 0 Å². The van der Waals surface area contributed by atoms with Crippen LogP contribution in [0.4, 0.5) is 0 Å². The van der Waals surface area contributed by atoms with Gasteiger partial charge in [0.1, 0.15) is 0 Å². The van der Waals surface area contributed by atoms with Crippen LogP contribution in [0.2, 0.25) is 0 Å². The average molecular weight is 565 g/mol. The Morgan fingerprint density at radius 1 is 0.300 bits per heavy atom. The monoisotopic (exact) mass is 564 g/mol. The van der Waals surface area contributed by atoms with Crippen LogP contribution in [0.3, 0.4) is 0 Å². The third-order valence-electron chi connectivity index (χ3n) is 8.60. The molecule has 0 amide bonds. The van der Waals surface area contributed by atoms with Crippen molar-refractivity contribution >= 4 is 37.9 Å². The van der Waals surface area contributed by atoms with Gasteiger partial charge in [0.15, 0.2) is 0 Å². The Morgan fingerprint density at radius 2 is 0.450 bits per heavy atom. The first-order valence-electron chi connectivity index (χ1n) is 14.4. The summed E-state index contributed by atoms with van der Waals surface area (Å²) >= 11 is 0. The molecule has 40 heavy (non-hydrogen) atoms. The number of hydrogen-bond donors (Lipinski definition) is 0. The fourth-order valence-corrected chi connectivity index (χ4v) is 19.7. The summed E-state index contributed by atoms with van der Waals surface area (Å²) < 4.78 is 15.8. The molecule has 0 bridgehead atoms. The Hall–Kier alpha value is -2.77. The molecule has 4 heteroatoms. The smallest absolute Gasteiger partial charge is 0.391 e. The van der Waals surface area contributed by atoms with Gasteiger partial charge in [-0.2, -0.15) is 0 Å². The van der Waals surface area contributed by atoms with Crippen LogP contribution in [-0.4, -0.2) is 17.1 Å². The fourth-order valence-electron chi connectivity index (χ4n) is 7.87. The van der Waals surface area contributed by atoms with Gasteiger partial charge in [-0.3, -0.25) is 0 Å². The summed E-state index contributed by atoms with van der Waals surface area (Å²) in [6.07, 6.45) is 0. The molecular formula is C36H44O2Si2. The second-order valence-corrected chi connectivity index (χ2v) is 18.6. The first kappa shape index (κ1) is 28.8. The van der Waals surface area contributed by atoms with Crippen molar-refractivity contribution in [3.8, 4) is 0 Å². The molecule has 1 aliphatic heterocycles. The Morgan fingerprint density at radius 3 is 0.600 bits per heavy atom.